The van der Waals surface area contributed by atoms with E-state index in [1.54, 1.807) is 0 Å². The number of hydrogen-bond acceptors (Lipinski definition) is 6. The molecule has 1 heterocycles. The minimum Gasteiger partial charge on any atom is -0.367 e. The van der Waals surface area contributed by atoms with Gasteiger partial charge in [-0.3, -0.25) is 0 Å². The number of nitrogens with two attached hydrogens (primary N) is 1. The van der Waals surface area contributed by atoms with E-state index in [2.05, 4.69) is 47.5 Å². The van der Waals surface area contributed by atoms with Gasteiger partial charge in [-0.25, -0.2) is 0 Å². The highest BCUT2D eigenvalue weighted by Gasteiger charge is 2.20. The summed E-state index contributed by atoms with van der Waals surface area (Å²) in [7, 11) is 4.10. The largest absolute Gasteiger partial charge is 0.367 e. The molecule has 0 bridgehead atoms. The van der Waals surface area contributed by atoms with Crippen LogP contribution in [-0.2, 0) is 0 Å². The molecule has 0 saturated carbocycles. The van der Waals surface area contributed by atoms with Crippen LogP contribution in [-0.4, -0.2) is 40.4 Å². The van der Waals surface area contributed by atoms with Crippen molar-refractivity contribution >= 4 is 22.6 Å². The number of rotatable bonds is 4. The number of aromatic nitrogens is 2. The third-order valence-corrected chi connectivity index (χ3v) is 3.01. The summed E-state index contributed by atoms with van der Waals surface area (Å²) in [6, 6.07) is 0. The number of nitrogen functional groups attached to an aromatic ring is 1. The average Bonchev–Trinajstić information content (AvgIpc) is 2.48. The standard InChI is InChI=1S/C8H17N5S/c1-8(2,13(3)4)5-10-7-11-6(9)12-14-7/h5H2,1-4H3,(H3,9,10,11,12). The van der Waals surface area contributed by atoms with E-state index in [9.17, 15) is 0 Å². The number of likely N-dealkylation sites (N-methyl/N-ethyl adjacent to an activating group) is 1. The van der Waals surface area contributed by atoms with Crippen LogP contribution in [0, 0.1) is 0 Å². The number of hydrogen-bond donors (Lipinski definition) is 2. The third-order valence-electron chi connectivity index (χ3n) is 2.32. The molecule has 0 aromatic carbocycles. The zero-order valence-corrected chi connectivity index (χ0v) is 9.85. The van der Waals surface area contributed by atoms with Crippen LogP contribution in [0.4, 0.5) is 11.1 Å². The molecule has 0 atom stereocenters. The maximum atomic E-state index is 5.42. The van der Waals surface area contributed by atoms with Gasteiger partial charge < -0.3 is 16.0 Å². The minimum atomic E-state index is 0.0838. The van der Waals surface area contributed by atoms with Gasteiger partial charge in [-0.05, 0) is 27.9 Å². The Morgan fingerprint density at radius 3 is 2.57 bits per heavy atom. The predicted molar refractivity (Wildman–Crippen MR) is 60.6 cm³/mol. The van der Waals surface area contributed by atoms with Gasteiger partial charge >= 0.3 is 0 Å². The van der Waals surface area contributed by atoms with E-state index in [1.807, 2.05) is 0 Å². The zero-order valence-electron chi connectivity index (χ0n) is 9.03. The second-order valence-electron chi connectivity index (χ2n) is 4.02. The molecule has 0 saturated heterocycles. The summed E-state index contributed by atoms with van der Waals surface area (Å²) in [5.74, 6) is 0.333. The van der Waals surface area contributed by atoms with E-state index in [1.165, 1.54) is 11.5 Å². The molecule has 6 heteroatoms. The first-order chi connectivity index (χ1) is 6.42. The summed E-state index contributed by atoms with van der Waals surface area (Å²) in [6.07, 6.45) is 0. The smallest absolute Gasteiger partial charge is 0.233 e. The summed E-state index contributed by atoms with van der Waals surface area (Å²) < 4.78 is 3.89. The van der Waals surface area contributed by atoms with E-state index in [0.29, 0.717) is 5.95 Å². The van der Waals surface area contributed by atoms with E-state index >= 15 is 0 Å². The number of anilines is 2. The Kier molecular flexibility index (Phi) is 3.28. The van der Waals surface area contributed by atoms with E-state index in [-0.39, 0.29) is 5.54 Å². The fourth-order valence-electron chi connectivity index (χ4n) is 0.757. The predicted octanol–water partition coefficient (Wildman–Crippen LogP) is 0.872. The van der Waals surface area contributed by atoms with Crippen molar-refractivity contribution in [3.05, 3.63) is 0 Å². The summed E-state index contributed by atoms with van der Waals surface area (Å²) in [4.78, 5) is 6.19. The maximum absolute atomic E-state index is 5.42. The Hall–Kier alpha value is -0.880. The van der Waals surface area contributed by atoms with Gasteiger partial charge in [-0.15, -0.1) is 0 Å². The van der Waals surface area contributed by atoms with Crippen LogP contribution < -0.4 is 11.1 Å². The molecule has 14 heavy (non-hydrogen) atoms. The zero-order chi connectivity index (χ0) is 10.8. The van der Waals surface area contributed by atoms with Crippen molar-refractivity contribution in [3.63, 3.8) is 0 Å². The Morgan fingerprint density at radius 1 is 1.50 bits per heavy atom. The van der Waals surface area contributed by atoms with Crippen LogP contribution in [0.1, 0.15) is 13.8 Å². The van der Waals surface area contributed by atoms with Crippen molar-refractivity contribution in [2.45, 2.75) is 19.4 Å². The summed E-state index contributed by atoms with van der Waals surface area (Å²) in [6.45, 7) is 5.13. The quantitative estimate of drug-likeness (QED) is 0.780. The van der Waals surface area contributed by atoms with Crippen LogP contribution in [0.25, 0.3) is 0 Å². The third kappa shape index (κ3) is 2.81. The molecule has 0 aliphatic carbocycles. The highest BCUT2D eigenvalue weighted by Crippen LogP contribution is 2.15. The monoisotopic (exact) mass is 215 g/mol. The fraction of sp³-hybridized carbons (Fsp3) is 0.750. The fourth-order valence-corrected chi connectivity index (χ4v) is 1.25. The maximum Gasteiger partial charge on any atom is 0.233 e. The molecule has 0 aliphatic rings. The summed E-state index contributed by atoms with van der Waals surface area (Å²) in [5, 5.41) is 3.99. The second kappa shape index (κ2) is 4.10. The average molecular weight is 215 g/mol. The molecule has 0 spiro atoms. The minimum absolute atomic E-state index is 0.0838. The molecule has 1 rings (SSSR count). The molecular weight excluding hydrogens is 198 g/mol. The van der Waals surface area contributed by atoms with Gasteiger partial charge in [-0.2, -0.15) is 9.36 Å². The lowest BCUT2D eigenvalue weighted by atomic mass is 10.1. The Morgan fingerprint density at radius 2 is 2.14 bits per heavy atom. The highest BCUT2D eigenvalue weighted by molar-refractivity contribution is 7.09. The first-order valence-electron chi connectivity index (χ1n) is 4.42. The van der Waals surface area contributed by atoms with Crippen molar-refractivity contribution in [1.82, 2.24) is 14.3 Å². The SMILES string of the molecule is CN(C)C(C)(C)CNc1nc(N)ns1. The lowest BCUT2D eigenvalue weighted by Gasteiger charge is -2.32. The number of nitrogens with one attached hydrogen (secondary N) is 1. The van der Waals surface area contributed by atoms with Gasteiger partial charge in [0.05, 0.1) is 0 Å². The van der Waals surface area contributed by atoms with Gasteiger partial charge in [0.25, 0.3) is 0 Å². The van der Waals surface area contributed by atoms with Gasteiger partial charge in [0.15, 0.2) is 0 Å². The summed E-state index contributed by atoms with van der Waals surface area (Å²) >= 11 is 1.29. The van der Waals surface area contributed by atoms with E-state index in [4.69, 9.17) is 5.73 Å². The van der Waals surface area contributed by atoms with Crippen LogP contribution in [0.2, 0.25) is 0 Å². The Bertz CT molecular complexity index is 294. The normalized spacial score (nSPS) is 12.1. The van der Waals surface area contributed by atoms with Crippen molar-refractivity contribution < 1.29 is 0 Å². The van der Waals surface area contributed by atoms with Gasteiger partial charge in [0, 0.05) is 23.6 Å². The lowest BCUT2D eigenvalue weighted by molar-refractivity contribution is 0.210. The molecule has 3 N–H and O–H groups in total. The second-order valence-corrected chi connectivity index (χ2v) is 4.77. The molecule has 0 fully saturated rings. The van der Waals surface area contributed by atoms with E-state index in [0.717, 1.165) is 11.7 Å². The first kappa shape index (κ1) is 11.2. The van der Waals surface area contributed by atoms with Crippen LogP contribution in [0.5, 0.6) is 0 Å². The molecule has 1 aromatic heterocycles. The highest BCUT2D eigenvalue weighted by atomic mass is 32.1. The molecule has 1 aromatic rings. The van der Waals surface area contributed by atoms with Crippen molar-refractivity contribution in [3.8, 4) is 0 Å². The van der Waals surface area contributed by atoms with Crippen LogP contribution >= 0.6 is 11.5 Å². The van der Waals surface area contributed by atoms with Crippen LogP contribution in [0.3, 0.4) is 0 Å². The van der Waals surface area contributed by atoms with Gasteiger partial charge in [-0.1, -0.05) is 0 Å². The van der Waals surface area contributed by atoms with Crippen molar-refractivity contribution in [2.24, 2.45) is 0 Å². The molecular formula is C8H17N5S. The van der Waals surface area contributed by atoms with E-state index < -0.39 is 0 Å². The molecule has 0 radical (unpaired) electrons. The van der Waals surface area contributed by atoms with Crippen LogP contribution in [0.15, 0.2) is 0 Å². The van der Waals surface area contributed by atoms with Gasteiger partial charge in [0.1, 0.15) is 0 Å². The molecule has 0 aliphatic heterocycles. The van der Waals surface area contributed by atoms with Gasteiger partial charge in [0.2, 0.25) is 11.1 Å². The Balaban J connectivity index is 2.48. The number of nitrogens with zero attached hydrogens (tertiary/aromatic N) is 3. The topological polar surface area (TPSA) is 67.1 Å². The van der Waals surface area contributed by atoms with Crippen molar-refractivity contribution in [1.29, 1.82) is 0 Å². The lowest BCUT2D eigenvalue weighted by Crippen LogP contribution is -2.44. The first-order valence-corrected chi connectivity index (χ1v) is 5.19. The molecule has 80 valence electrons. The summed E-state index contributed by atoms with van der Waals surface area (Å²) in [5.41, 5.74) is 5.50. The molecule has 0 unspecified atom stereocenters. The molecule has 0 amide bonds. The Labute approximate surface area is 88.5 Å². The van der Waals surface area contributed by atoms with Crippen molar-refractivity contribution in [2.75, 3.05) is 31.7 Å². The molecule has 5 nitrogen and oxygen atoms in total.